The van der Waals surface area contributed by atoms with Crippen molar-refractivity contribution in [3.63, 3.8) is 0 Å². The fraction of sp³-hybridized carbons (Fsp3) is 1.00. The van der Waals surface area contributed by atoms with Gasteiger partial charge in [0.15, 0.2) is 0 Å². The monoisotopic (exact) mass is 368 g/mol. The minimum absolute atomic E-state index is 0.701. The number of rotatable bonds is 8. The predicted molar refractivity (Wildman–Crippen MR) is 96.5 cm³/mol. The quantitative estimate of drug-likeness (QED) is 0.612. The summed E-state index contributed by atoms with van der Waals surface area (Å²) < 4.78 is 17.9. The predicted octanol–water partition coefficient (Wildman–Crippen LogP) is 3.46. The van der Waals surface area contributed by atoms with Crippen molar-refractivity contribution >= 4 is 40.1 Å². The summed E-state index contributed by atoms with van der Waals surface area (Å²) in [6.45, 7) is 8.23. The summed E-state index contributed by atoms with van der Waals surface area (Å²) >= 11 is 8.25. The lowest BCUT2D eigenvalue weighted by molar-refractivity contribution is 0.0641. The fourth-order valence-electron chi connectivity index (χ4n) is 3.91. The van der Waals surface area contributed by atoms with Crippen LogP contribution in [-0.2, 0) is 44.5 Å². The molecule has 0 spiro atoms. The van der Waals surface area contributed by atoms with Gasteiger partial charge in [0.1, 0.15) is 0 Å². The highest BCUT2D eigenvalue weighted by Gasteiger charge is 2.49. The van der Waals surface area contributed by atoms with E-state index in [1.807, 2.05) is 20.8 Å². The van der Waals surface area contributed by atoms with Crippen molar-refractivity contribution in [1.82, 2.24) is 0 Å². The number of hydrogen-bond acceptors (Lipinski definition) is 5. The van der Waals surface area contributed by atoms with Crippen LogP contribution in [-0.4, -0.2) is 28.6 Å². The Balaban J connectivity index is 0.000000677. The summed E-state index contributed by atoms with van der Waals surface area (Å²) in [5, 5.41) is 0. The van der Waals surface area contributed by atoms with Crippen molar-refractivity contribution in [3.05, 3.63) is 0 Å². The van der Waals surface area contributed by atoms with Crippen molar-refractivity contribution in [2.75, 3.05) is 19.8 Å². The molecule has 0 saturated heterocycles. The highest BCUT2D eigenvalue weighted by Crippen LogP contribution is 2.51. The van der Waals surface area contributed by atoms with Crippen LogP contribution in [0.4, 0.5) is 0 Å². The molecule has 3 atom stereocenters. The van der Waals surface area contributed by atoms with E-state index < -0.39 is 8.80 Å². The van der Waals surface area contributed by atoms with Gasteiger partial charge in [0, 0.05) is 57.1 Å². The van der Waals surface area contributed by atoms with Gasteiger partial charge in [-0.3, -0.25) is 0 Å². The average molecular weight is 369 g/mol. The molecule has 0 radical (unpaired) electrons. The molecule has 2 bridgehead atoms. The Hall–Kier alpha value is 0.757. The normalized spacial score (nSPS) is 27.3. The van der Waals surface area contributed by atoms with Crippen LogP contribution in [0, 0.1) is 17.8 Å². The van der Waals surface area contributed by atoms with E-state index in [0.29, 0.717) is 19.8 Å². The summed E-state index contributed by atoms with van der Waals surface area (Å²) in [7, 11) is -1.48. The molecule has 2 saturated carbocycles. The van der Waals surface area contributed by atoms with E-state index in [1.54, 1.807) is 0 Å². The van der Waals surface area contributed by atoms with Gasteiger partial charge in [-0.25, -0.2) is 0 Å². The maximum Gasteiger partial charge on any atom is 0.501 e. The molecule has 0 N–H and O–H groups in total. The summed E-state index contributed by atoms with van der Waals surface area (Å²) in [5.74, 6) is 2.69. The van der Waals surface area contributed by atoms with Gasteiger partial charge in [-0.1, -0.05) is 6.42 Å². The average Bonchev–Trinajstić information content (AvgIpc) is 3.03. The number of fused-ring (bicyclic) bond motifs is 2. The minimum Gasteiger partial charge on any atom is -0.374 e. The molecule has 2 fully saturated rings. The van der Waals surface area contributed by atoms with E-state index in [0.717, 1.165) is 32.7 Å². The molecule has 0 heterocycles. The maximum absolute atomic E-state index is 5.97. The molecular weight excluding hydrogens is 340 g/mol. The maximum atomic E-state index is 5.97. The molecule has 124 valence electrons. The van der Waals surface area contributed by atoms with Crippen LogP contribution in [0.2, 0.25) is 6.04 Å². The Bertz CT molecular complexity index is 320. The first kappa shape index (κ1) is 19.8. The topological polar surface area (TPSA) is 27.7 Å². The van der Waals surface area contributed by atoms with E-state index in [4.69, 9.17) is 13.3 Å². The SMILES string of the molecule is CCO[Si](CC1CC2CCC1C2)(OCC)OCC.S=S=S. The van der Waals surface area contributed by atoms with Gasteiger partial charge in [-0.15, -0.1) is 0 Å². The molecule has 21 heavy (non-hydrogen) atoms. The van der Waals surface area contributed by atoms with Crippen LogP contribution in [0.1, 0.15) is 46.5 Å². The van der Waals surface area contributed by atoms with E-state index in [-0.39, 0.29) is 0 Å². The zero-order valence-corrected chi connectivity index (χ0v) is 16.8. The summed E-state index contributed by atoms with van der Waals surface area (Å²) in [6, 6.07) is 1.05. The number of hydrogen-bond donors (Lipinski definition) is 0. The third kappa shape index (κ3) is 6.05. The Labute approximate surface area is 143 Å². The molecule has 0 aromatic carbocycles. The highest BCUT2D eigenvalue weighted by molar-refractivity contribution is 8.37. The lowest BCUT2D eigenvalue weighted by Gasteiger charge is -2.33. The largest absolute Gasteiger partial charge is 0.501 e. The third-order valence-electron chi connectivity index (χ3n) is 4.49. The molecule has 3 nitrogen and oxygen atoms in total. The first-order valence-electron chi connectivity index (χ1n) is 7.98. The highest BCUT2D eigenvalue weighted by atomic mass is 33.1. The van der Waals surface area contributed by atoms with Gasteiger partial charge < -0.3 is 13.3 Å². The van der Waals surface area contributed by atoms with Crippen LogP contribution in [0.3, 0.4) is 0 Å². The molecule has 2 aliphatic carbocycles. The first-order valence-corrected chi connectivity index (χ1v) is 12.6. The lowest BCUT2D eigenvalue weighted by atomic mass is 9.90. The third-order valence-corrected chi connectivity index (χ3v) is 7.70. The van der Waals surface area contributed by atoms with E-state index >= 15 is 0 Å². The summed E-state index contributed by atoms with van der Waals surface area (Å²) in [5.41, 5.74) is 0. The lowest BCUT2D eigenvalue weighted by Crippen LogP contribution is -2.48. The van der Waals surface area contributed by atoms with Crippen LogP contribution < -0.4 is 0 Å². The van der Waals surface area contributed by atoms with E-state index in [9.17, 15) is 0 Å². The van der Waals surface area contributed by atoms with Crippen LogP contribution in [0.15, 0.2) is 0 Å². The molecule has 0 aromatic rings. The van der Waals surface area contributed by atoms with Crippen molar-refractivity contribution < 1.29 is 13.3 Å². The van der Waals surface area contributed by atoms with Gasteiger partial charge in [-0.05, 0) is 57.8 Å². The molecule has 0 aromatic heterocycles. The van der Waals surface area contributed by atoms with E-state index in [1.165, 1.54) is 25.7 Å². The van der Waals surface area contributed by atoms with Crippen LogP contribution >= 0.6 is 0 Å². The second-order valence-electron chi connectivity index (χ2n) is 5.69. The van der Waals surface area contributed by atoms with Gasteiger partial charge in [0.2, 0.25) is 0 Å². The smallest absolute Gasteiger partial charge is 0.374 e. The summed E-state index contributed by atoms with van der Waals surface area (Å²) in [6.07, 6.45) is 5.70. The standard InChI is InChI=1S/C14H28O3Si.S3/c1-4-15-18(16-5-2,17-6-3)11-14-10-12-7-8-13(14)9-12;1-3-2/h12-14H,4-11H2,1-3H3;. The van der Waals surface area contributed by atoms with Gasteiger partial charge in [0.05, 0.1) is 0 Å². The van der Waals surface area contributed by atoms with Crippen molar-refractivity contribution in [2.24, 2.45) is 17.8 Å². The molecule has 0 amide bonds. The van der Waals surface area contributed by atoms with Gasteiger partial charge in [0.25, 0.3) is 0 Å². The molecule has 2 rings (SSSR count). The van der Waals surface area contributed by atoms with Crippen molar-refractivity contribution in [3.8, 4) is 0 Å². The first-order chi connectivity index (χ1) is 10.1. The van der Waals surface area contributed by atoms with Gasteiger partial charge >= 0.3 is 8.80 Å². The molecule has 0 aliphatic heterocycles. The fourth-order valence-corrected chi connectivity index (χ4v) is 6.97. The second-order valence-corrected chi connectivity index (χ2v) is 10.1. The zero-order valence-electron chi connectivity index (χ0n) is 13.3. The molecular formula is C14H28O3S3Si. The Morgan fingerprint density at radius 1 is 0.952 bits per heavy atom. The molecule has 7 heteroatoms. The van der Waals surface area contributed by atoms with Gasteiger partial charge in [-0.2, -0.15) is 0 Å². The van der Waals surface area contributed by atoms with Crippen molar-refractivity contribution in [2.45, 2.75) is 52.5 Å². The minimum atomic E-state index is -2.40. The second kappa shape index (κ2) is 10.5. The van der Waals surface area contributed by atoms with E-state index in [2.05, 4.69) is 22.4 Å². The van der Waals surface area contributed by atoms with Crippen molar-refractivity contribution in [1.29, 1.82) is 0 Å². The van der Waals surface area contributed by atoms with Crippen LogP contribution in [0.5, 0.6) is 0 Å². The Kier molecular flexibility index (Phi) is 9.92. The summed E-state index contributed by atoms with van der Waals surface area (Å²) in [4.78, 5) is 0. The Morgan fingerprint density at radius 2 is 1.48 bits per heavy atom. The Morgan fingerprint density at radius 3 is 1.81 bits per heavy atom. The molecule has 2 aliphatic rings. The van der Waals surface area contributed by atoms with Crippen LogP contribution in [0.25, 0.3) is 0 Å². The zero-order chi connectivity index (χ0) is 15.7. The molecule has 3 unspecified atom stereocenters.